The van der Waals surface area contributed by atoms with E-state index >= 15 is 0 Å². The van der Waals surface area contributed by atoms with E-state index in [-0.39, 0.29) is 5.41 Å². The molecule has 0 unspecified atom stereocenters. The standard InChI is InChI=1S/C9H14O2/c1-6-8(10)11-7(2)9(3,4)5/h6H,1-2H2,3-5H3. The second-order valence-electron chi connectivity index (χ2n) is 3.30. The van der Waals surface area contributed by atoms with Crippen LogP contribution in [-0.2, 0) is 9.53 Å². The Morgan fingerprint density at radius 3 is 2.18 bits per heavy atom. The highest BCUT2D eigenvalue weighted by Gasteiger charge is 2.17. The van der Waals surface area contributed by atoms with Crippen LogP contribution in [0.5, 0.6) is 0 Å². The quantitative estimate of drug-likeness (QED) is 0.346. The van der Waals surface area contributed by atoms with Crippen molar-refractivity contribution in [3.05, 3.63) is 25.0 Å². The predicted molar refractivity (Wildman–Crippen MR) is 44.9 cm³/mol. The van der Waals surface area contributed by atoms with Gasteiger partial charge in [0.25, 0.3) is 0 Å². The zero-order valence-electron chi connectivity index (χ0n) is 7.31. The van der Waals surface area contributed by atoms with E-state index in [1.54, 1.807) is 0 Å². The largest absolute Gasteiger partial charge is 0.428 e. The van der Waals surface area contributed by atoms with Crippen LogP contribution >= 0.6 is 0 Å². The molecule has 0 aromatic heterocycles. The fourth-order valence-electron chi connectivity index (χ4n) is 0.316. The van der Waals surface area contributed by atoms with Crippen LogP contribution in [-0.4, -0.2) is 5.97 Å². The average Bonchev–Trinajstić information content (AvgIpc) is 1.85. The molecule has 0 heterocycles. The number of rotatable bonds is 2. The average molecular weight is 154 g/mol. The second-order valence-corrected chi connectivity index (χ2v) is 3.30. The normalized spacial score (nSPS) is 10.5. The van der Waals surface area contributed by atoms with Gasteiger partial charge in [-0.3, -0.25) is 0 Å². The molecule has 0 bridgehead atoms. The molecule has 2 nitrogen and oxygen atoms in total. The van der Waals surface area contributed by atoms with Gasteiger partial charge in [-0.25, -0.2) is 4.79 Å². The van der Waals surface area contributed by atoms with Crippen LogP contribution in [0, 0.1) is 5.41 Å². The van der Waals surface area contributed by atoms with Crippen molar-refractivity contribution < 1.29 is 9.53 Å². The first-order chi connectivity index (χ1) is 4.88. The van der Waals surface area contributed by atoms with E-state index in [4.69, 9.17) is 4.74 Å². The summed E-state index contributed by atoms with van der Waals surface area (Å²) in [4.78, 5) is 10.7. The summed E-state index contributed by atoms with van der Waals surface area (Å²) in [5.41, 5.74) is -0.196. The maximum Gasteiger partial charge on any atom is 0.335 e. The van der Waals surface area contributed by atoms with Crippen molar-refractivity contribution in [2.24, 2.45) is 5.41 Å². The summed E-state index contributed by atoms with van der Waals surface area (Å²) in [5, 5.41) is 0. The highest BCUT2D eigenvalue weighted by Crippen LogP contribution is 2.24. The lowest BCUT2D eigenvalue weighted by molar-refractivity contribution is -0.135. The van der Waals surface area contributed by atoms with Gasteiger partial charge in [-0.1, -0.05) is 33.9 Å². The first kappa shape index (κ1) is 9.95. The highest BCUT2D eigenvalue weighted by molar-refractivity contribution is 5.82. The fourth-order valence-corrected chi connectivity index (χ4v) is 0.316. The third kappa shape index (κ3) is 3.61. The number of hydrogen-bond donors (Lipinski definition) is 0. The van der Waals surface area contributed by atoms with E-state index in [2.05, 4.69) is 13.2 Å². The van der Waals surface area contributed by atoms with Crippen molar-refractivity contribution in [1.82, 2.24) is 0 Å². The number of hydrogen-bond acceptors (Lipinski definition) is 2. The summed E-state index contributed by atoms with van der Waals surface area (Å²) in [5.74, 6) is 0.00678. The molecule has 0 saturated carbocycles. The summed E-state index contributed by atoms with van der Waals surface area (Å²) in [6.07, 6.45) is 1.12. The summed E-state index contributed by atoms with van der Waals surface area (Å²) in [7, 11) is 0. The van der Waals surface area contributed by atoms with Gasteiger partial charge in [-0.05, 0) is 0 Å². The summed E-state index contributed by atoms with van der Waals surface area (Å²) in [6, 6.07) is 0. The molecule has 11 heavy (non-hydrogen) atoms. The minimum atomic E-state index is -0.454. The molecular weight excluding hydrogens is 140 g/mol. The molecule has 0 aliphatic carbocycles. The Labute approximate surface area is 67.6 Å². The van der Waals surface area contributed by atoms with Crippen LogP contribution in [0.1, 0.15) is 20.8 Å². The zero-order chi connectivity index (χ0) is 9.07. The first-order valence-electron chi connectivity index (χ1n) is 3.41. The molecule has 0 spiro atoms. The molecule has 0 aromatic carbocycles. The Hall–Kier alpha value is -1.05. The van der Waals surface area contributed by atoms with E-state index in [0.29, 0.717) is 5.76 Å². The minimum Gasteiger partial charge on any atom is -0.428 e. The molecule has 0 radical (unpaired) electrons. The molecular formula is C9H14O2. The fraction of sp³-hybridized carbons (Fsp3) is 0.444. The first-order valence-corrected chi connectivity index (χ1v) is 3.41. The SMILES string of the molecule is C=CC(=O)OC(=C)C(C)(C)C. The number of ether oxygens (including phenoxy) is 1. The lowest BCUT2D eigenvalue weighted by Crippen LogP contribution is -2.13. The van der Waals surface area contributed by atoms with Gasteiger partial charge in [0, 0.05) is 11.5 Å². The third-order valence-corrected chi connectivity index (χ3v) is 1.23. The molecule has 0 rings (SSSR count). The number of allylic oxidation sites excluding steroid dienone is 1. The molecule has 0 fully saturated rings. The Kier molecular flexibility index (Phi) is 3.05. The summed E-state index contributed by atoms with van der Waals surface area (Å²) >= 11 is 0. The number of carbonyl (C=O) groups excluding carboxylic acids is 1. The summed E-state index contributed by atoms with van der Waals surface area (Å²) < 4.78 is 4.81. The van der Waals surface area contributed by atoms with Crippen LogP contribution in [0.3, 0.4) is 0 Å². The lowest BCUT2D eigenvalue weighted by Gasteiger charge is -2.19. The molecule has 62 valence electrons. The van der Waals surface area contributed by atoms with Gasteiger partial charge in [0.15, 0.2) is 0 Å². The van der Waals surface area contributed by atoms with Gasteiger partial charge in [0.1, 0.15) is 5.76 Å². The van der Waals surface area contributed by atoms with Crippen molar-refractivity contribution in [3.63, 3.8) is 0 Å². The topological polar surface area (TPSA) is 26.3 Å². The van der Waals surface area contributed by atoms with Gasteiger partial charge in [-0.2, -0.15) is 0 Å². The highest BCUT2D eigenvalue weighted by atomic mass is 16.5. The van der Waals surface area contributed by atoms with Gasteiger partial charge in [-0.15, -0.1) is 0 Å². The van der Waals surface area contributed by atoms with E-state index in [1.165, 1.54) is 0 Å². The van der Waals surface area contributed by atoms with E-state index in [1.807, 2.05) is 20.8 Å². The van der Waals surface area contributed by atoms with Crippen LogP contribution in [0.25, 0.3) is 0 Å². The summed E-state index contributed by atoms with van der Waals surface area (Å²) in [6.45, 7) is 12.7. The predicted octanol–water partition coefficient (Wildman–Crippen LogP) is 2.28. The lowest BCUT2D eigenvalue weighted by atomic mass is 9.95. The molecule has 0 aromatic rings. The van der Waals surface area contributed by atoms with E-state index in [0.717, 1.165) is 6.08 Å². The van der Waals surface area contributed by atoms with Crippen molar-refractivity contribution in [2.45, 2.75) is 20.8 Å². The molecule has 0 saturated heterocycles. The molecule has 2 heteroatoms. The molecule has 0 aliphatic heterocycles. The number of esters is 1. The van der Waals surface area contributed by atoms with Crippen molar-refractivity contribution in [2.75, 3.05) is 0 Å². The minimum absolute atomic E-state index is 0.196. The van der Waals surface area contributed by atoms with Crippen LogP contribution in [0.2, 0.25) is 0 Å². The maximum absolute atomic E-state index is 10.7. The Morgan fingerprint density at radius 2 is 1.91 bits per heavy atom. The third-order valence-electron chi connectivity index (χ3n) is 1.23. The maximum atomic E-state index is 10.7. The van der Waals surface area contributed by atoms with Crippen LogP contribution < -0.4 is 0 Å². The van der Waals surface area contributed by atoms with Crippen LogP contribution in [0.15, 0.2) is 25.0 Å². The van der Waals surface area contributed by atoms with Gasteiger partial charge in [0.05, 0.1) is 0 Å². The Balaban J connectivity index is 4.09. The Bertz CT molecular complexity index is 184. The zero-order valence-corrected chi connectivity index (χ0v) is 7.31. The molecule has 0 N–H and O–H groups in total. The second kappa shape index (κ2) is 3.37. The van der Waals surface area contributed by atoms with Crippen molar-refractivity contribution >= 4 is 5.97 Å². The van der Waals surface area contributed by atoms with Gasteiger partial charge >= 0.3 is 5.97 Å². The van der Waals surface area contributed by atoms with Crippen molar-refractivity contribution in [1.29, 1.82) is 0 Å². The molecule has 0 atom stereocenters. The van der Waals surface area contributed by atoms with Crippen LogP contribution in [0.4, 0.5) is 0 Å². The monoisotopic (exact) mass is 154 g/mol. The Morgan fingerprint density at radius 1 is 1.45 bits per heavy atom. The van der Waals surface area contributed by atoms with Gasteiger partial charge < -0.3 is 4.74 Å². The van der Waals surface area contributed by atoms with Gasteiger partial charge in [0.2, 0.25) is 0 Å². The molecule has 0 amide bonds. The van der Waals surface area contributed by atoms with Crippen molar-refractivity contribution in [3.8, 4) is 0 Å². The number of carbonyl (C=O) groups is 1. The van der Waals surface area contributed by atoms with E-state index < -0.39 is 5.97 Å². The smallest absolute Gasteiger partial charge is 0.335 e. The van der Waals surface area contributed by atoms with E-state index in [9.17, 15) is 4.79 Å². The molecule has 0 aliphatic rings.